The summed E-state index contributed by atoms with van der Waals surface area (Å²) in [7, 11) is 0. The van der Waals surface area contributed by atoms with Gasteiger partial charge in [-0.25, -0.2) is 0 Å². The second-order valence-corrected chi connectivity index (χ2v) is 4.02. The van der Waals surface area contributed by atoms with Crippen LogP contribution >= 0.6 is 11.8 Å². The zero-order valence-electron chi connectivity index (χ0n) is 8.90. The Labute approximate surface area is 98.1 Å². The van der Waals surface area contributed by atoms with Gasteiger partial charge in [-0.05, 0) is 31.8 Å². The summed E-state index contributed by atoms with van der Waals surface area (Å²) in [6.07, 6.45) is 0.628. The van der Waals surface area contributed by atoms with Gasteiger partial charge in [0.25, 0.3) is 0 Å². The first-order valence-corrected chi connectivity index (χ1v) is 5.59. The maximum absolute atomic E-state index is 11.2. The number of carbonyl (C=O) groups is 2. The molecular weight excluding hydrogens is 224 g/mol. The Bertz CT molecular complexity index is 418. The highest BCUT2D eigenvalue weighted by Gasteiger charge is 2.05. The average molecular weight is 236 g/mol. The lowest BCUT2D eigenvalue weighted by molar-refractivity contribution is -0.109. The van der Waals surface area contributed by atoms with Gasteiger partial charge in [0.2, 0.25) is 6.41 Å². The molecule has 1 aromatic rings. The molecule has 0 spiro atoms. The number of amides is 1. The molecule has 16 heavy (non-hydrogen) atoms. The van der Waals surface area contributed by atoms with E-state index in [1.165, 1.54) is 18.7 Å². The Morgan fingerprint density at radius 1 is 1.62 bits per heavy atom. The van der Waals surface area contributed by atoms with Crippen LogP contribution in [-0.2, 0) is 4.79 Å². The molecule has 0 aliphatic heterocycles. The van der Waals surface area contributed by atoms with Gasteiger partial charge in [0.15, 0.2) is 5.78 Å². The molecule has 0 aliphatic carbocycles. The summed E-state index contributed by atoms with van der Waals surface area (Å²) in [6, 6.07) is 5.21. The number of hydrogen-bond acceptors (Lipinski definition) is 4. The predicted molar refractivity (Wildman–Crippen MR) is 65.6 cm³/mol. The van der Waals surface area contributed by atoms with E-state index < -0.39 is 0 Å². The predicted octanol–water partition coefficient (Wildman–Crippen LogP) is 2.02. The van der Waals surface area contributed by atoms with Gasteiger partial charge in [-0.2, -0.15) is 0 Å². The minimum Gasteiger partial charge on any atom is -0.349 e. The van der Waals surface area contributed by atoms with Crippen molar-refractivity contribution >= 4 is 36.4 Å². The van der Waals surface area contributed by atoms with E-state index in [9.17, 15) is 9.59 Å². The minimum absolute atomic E-state index is 0.000749. The van der Waals surface area contributed by atoms with Crippen LogP contribution in [0.25, 0.3) is 0 Å². The molecule has 5 heteroatoms. The Hall–Kier alpha value is -1.62. The molecular formula is C11H12N2O2S. The van der Waals surface area contributed by atoms with Gasteiger partial charge >= 0.3 is 0 Å². The Morgan fingerprint density at radius 3 is 2.94 bits per heavy atom. The SMILES string of the molecule is C=Nc1ccc(C(C)=O)cc1SCNC=O. The number of thioether (sulfide) groups is 1. The van der Waals surface area contributed by atoms with Crippen molar-refractivity contribution in [2.45, 2.75) is 11.8 Å². The number of benzene rings is 1. The number of aliphatic imine (C=N–C) groups is 1. The molecule has 0 saturated heterocycles. The van der Waals surface area contributed by atoms with Crippen LogP contribution in [0.3, 0.4) is 0 Å². The van der Waals surface area contributed by atoms with Crippen molar-refractivity contribution in [1.82, 2.24) is 5.32 Å². The maximum Gasteiger partial charge on any atom is 0.207 e. The molecule has 0 atom stereocenters. The number of hydrogen-bond donors (Lipinski definition) is 1. The zero-order chi connectivity index (χ0) is 12.0. The summed E-state index contributed by atoms with van der Waals surface area (Å²) < 4.78 is 0. The molecule has 1 amide bonds. The fourth-order valence-electron chi connectivity index (χ4n) is 1.13. The fourth-order valence-corrected chi connectivity index (χ4v) is 1.93. The smallest absolute Gasteiger partial charge is 0.207 e. The number of nitrogens with zero attached hydrogens (tertiary/aromatic N) is 1. The molecule has 0 bridgehead atoms. The van der Waals surface area contributed by atoms with Gasteiger partial charge in [-0.15, -0.1) is 11.8 Å². The highest BCUT2D eigenvalue weighted by atomic mass is 32.2. The van der Waals surface area contributed by atoms with E-state index in [4.69, 9.17) is 0 Å². The number of rotatable bonds is 6. The molecule has 0 unspecified atom stereocenters. The third-order valence-corrected chi connectivity index (χ3v) is 2.88. The topological polar surface area (TPSA) is 58.5 Å². The Kier molecular flexibility index (Phi) is 4.72. The van der Waals surface area contributed by atoms with Crippen molar-refractivity contribution in [2.24, 2.45) is 4.99 Å². The summed E-state index contributed by atoms with van der Waals surface area (Å²) in [4.78, 5) is 26.0. The summed E-state index contributed by atoms with van der Waals surface area (Å²) in [5.41, 5.74) is 1.34. The van der Waals surface area contributed by atoms with E-state index in [2.05, 4.69) is 17.0 Å². The summed E-state index contributed by atoms with van der Waals surface area (Å²) in [5, 5.41) is 2.53. The molecule has 0 radical (unpaired) electrons. The lowest BCUT2D eigenvalue weighted by atomic mass is 10.1. The summed E-state index contributed by atoms with van der Waals surface area (Å²) >= 11 is 1.40. The number of Topliss-reactive ketones (excluding diaryl/α,β-unsaturated/α-hetero) is 1. The summed E-state index contributed by atoms with van der Waals surface area (Å²) in [6.45, 7) is 4.96. The van der Waals surface area contributed by atoms with Crippen molar-refractivity contribution in [3.63, 3.8) is 0 Å². The highest BCUT2D eigenvalue weighted by Crippen LogP contribution is 2.29. The quantitative estimate of drug-likeness (QED) is 0.205. The van der Waals surface area contributed by atoms with E-state index in [0.29, 0.717) is 23.5 Å². The first kappa shape index (κ1) is 12.4. The highest BCUT2D eigenvalue weighted by molar-refractivity contribution is 7.99. The molecule has 0 saturated carbocycles. The maximum atomic E-state index is 11.2. The van der Waals surface area contributed by atoms with Crippen LogP contribution < -0.4 is 5.32 Å². The van der Waals surface area contributed by atoms with Gasteiger partial charge < -0.3 is 5.32 Å². The normalized spacial score (nSPS) is 9.56. The Morgan fingerprint density at radius 2 is 2.38 bits per heavy atom. The van der Waals surface area contributed by atoms with Crippen LogP contribution in [0.4, 0.5) is 5.69 Å². The van der Waals surface area contributed by atoms with Crippen LogP contribution in [-0.4, -0.2) is 24.8 Å². The van der Waals surface area contributed by atoms with E-state index in [1.54, 1.807) is 18.2 Å². The first-order valence-electron chi connectivity index (χ1n) is 4.60. The molecule has 0 fully saturated rings. The number of carbonyl (C=O) groups excluding carboxylic acids is 2. The van der Waals surface area contributed by atoms with Crippen molar-refractivity contribution < 1.29 is 9.59 Å². The summed E-state index contributed by atoms with van der Waals surface area (Å²) in [5.74, 6) is 0.439. The van der Waals surface area contributed by atoms with Gasteiger partial charge in [0, 0.05) is 10.5 Å². The largest absolute Gasteiger partial charge is 0.349 e. The fraction of sp³-hybridized carbons (Fsp3) is 0.182. The third-order valence-electron chi connectivity index (χ3n) is 1.93. The van der Waals surface area contributed by atoms with Gasteiger partial charge in [-0.1, -0.05) is 0 Å². The van der Waals surface area contributed by atoms with Crippen molar-refractivity contribution in [3.8, 4) is 0 Å². The van der Waals surface area contributed by atoms with Crippen LogP contribution in [0.15, 0.2) is 28.1 Å². The van der Waals surface area contributed by atoms with Crippen molar-refractivity contribution in [1.29, 1.82) is 0 Å². The van der Waals surface area contributed by atoms with Crippen molar-refractivity contribution in [3.05, 3.63) is 23.8 Å². The first-order chi connectivity index (χ1) is 7.69. The van der Waals surface area contributed by atoms with Gasteiger partial charge in [-0.3, -0.25) is 14.6 Å². The van der Waals surface area contributed by atoms with Crippen LogP contribution in [0.5, 0.6) is 0 Å². The average Bonchev–Trinajstić information content (AvgIpc) is 2.29. The standard InChI is InChI=1S/C11H12N2O2S/c1-8(15)9-3-4-10(12-2)11(5-9)16-7-13-6-14/h3-6H,2,7H2,1H3,(H,13,14). The van der Waals surface area contributed by atoms with E-state index in [0.717, 1.165) is 4.90 Å². The second-order valence-electron chi connectivity index (χ2n) is 3.01. The van der Waals surface area contributed by atoms with E-state index >= 15 is 0 Å². The third kappa shape index (κ3) is 3.20. The second kappa shape index (κ2) is 6.07. The lowest BCUT2D eigenvalue weighted by Crippen LogP contribution is -2.08. The van der Waals surface area contributed by atoms with Crippen LogP contribution in [0, 0.1) is 0 Å². The van der Waals surface area contributed by atoms with Gasteiger partial charge in [0.05, 0.1) is 11.6 Å². The van der Waals surface area contributed by atoms with Gasteiger partial charge in [0.1, 0.15) is 0 Å². The minimum atomic E-state index is 0.000749. The molecule has 1 N–H and O–H groups in total. The lowest BCUT2D eigenvalue weighted by Gasteiger charge is -2.06. The van der Waals surface area contributed by atoms with Crippen molar-refractivity contribution in [2.75, 3.05) is 5.88 Å². The number of ketones is 1. The molecule has 1 rings (SSSR count). The monoisotopic (exact) mass is 236 g/mol. The van der Waals surface area contributed by atoms with E-state index in [-0.39, 0.29) is 5.78 Å². The molecule has 0 heterocycles. The molecule has 4 nitrogen and oxygen atoms in total. The van der Waals surface area contributed by atoms with Crippen LogP contribution in [0.1, 0.15) is 17.3 Å². The molecule has 0 aromatic heterocycles. The molecule has 1 aromatic carbocycles. The molecule has 0 aliphatic rings. The Balaban J connectivity index is 2.92. The van der Waals surface area contributed by atoms with E-state index in [1.807, 2.05) is 0 Å². The van der Waals surface area contributed by atoms with Crippen LogP contribution in [0.2, 0.25) is 0 Å². The molecule has 84 valence electrons. The zero-order valence-corrected chi connectivity index (χ0v) is 9.71. The number of nitrogens with one attached hydrogen (secondary N) is 1.